The summed E-state index contributed by atoms with van der Waals surface area (Å²) in [7, 11) is 0. The van der Waals surface area contributed by atoms with E-state index in [0.717, 1.165) is 30.5 Å². The third-order valence-electron chi connectivity index (χ3n) is 4.23. The smallest absolute Gasteiger partial charge is 0.251 e. The van der Waals surface area contributed by atoms with Gasteiger partial charge < -0.3 is 10.4 Å². The quantitative estimate of drug-likeness (QED) is 0.891. The van der Waals surface area contributed by atoms with Gasteiger partial charge in [-0.25, -0.2) is 8.78 Å². The van der Waals surface area contributed by atoms with Gasteiger partial charge in [0.15, 0.2) is 11.6 Å². The van der Waals surface area contributed by atoms with E-state index in [-0.39, 0.29) is 18.0 Å². The van der Waals surface area contributed by atoms with Crippen molar-refractivity contribution in [3.8, 4) is 0 Å². The maximum atomic E-state index is 13.2. The zero-order chi connectivity index (χ0) is 16.4. The summed E-state index contributed by atoms with van der Waals surface area (Å²) in [5.74, 6) is -2.52. The first-order valence-corrected chi connectivity index (χ1v) is 7.52. The van der Waals surface area contributed by atoms with Crippen molar-refractivity contribution >= 4 is 5.91 Å². The van der Waals surface area contributed by atoms with E-state index in [1.807, 2.05) is 30.3 Å². The van der Waals surface area contributed by atoms with Crippen molar-refractivity contribution in [1.82, 2.24) is 5.32 Å². The summed E-state index contributed by atoms with van der Waals surface area (Å²) in [6, 6.07) is 12.1. The van der Waals surface area contributed by atoms with Crippen molar-refractivity contribution in [3.05, 3.63) is 71.3 Å². The van der Waals surface area contributed by atoms with Crippen LogP contribution < -0.4 is 5.32 Å². The molecule has 3 rings (SSSR count). The third kappa shape index (κ3) is 3.24. The molecule has 0 spiro atoms. The lowest BCUT2D eigenvalue weighted by molar-refractivity contribution is 0.0135. The molecule has 1 saturated carbocycles. The molecule has 1 fully saturated rings. The van der Waals surface area contributed by atoms with Gasteiger partial charge in [-0.15, -0.1) is 0 Å². The minimum atomic E-state index is -1.14. The number of rotatable bonds is 5. The largest absolute Gasteiger partial charge is 0.383 e. The van der Waals surface area contributed by atoms with Gasteiger partial charge in [-0.3, -0.25) is 4.79 Å². The molecule has 1 atom stereocenters. The number of nitrogens with one attached hydrogen (secondary N) is 1. The molecular weight excluding hydrogens is 300 g/mol. The second-order valence-corrected chi connectivity index (χ2v) is 5.88. The van der Waals surface area contributed by atoms with Crippen LogP contribution in [0.15, 0.2) is 48.5 Å². The third-order valence-corrected chi connectivity index (χ3v) is 4.23. The van der Waals surface area contributed by atoms with Gasteiger partial charge in [0.25, 0.3) is 5.91 Å². The van der Waals surface area contributed by atoms with Crippen LogP contribution in [0.4, 0.5) is 8.78 Å². The van der Waals surface area contributed by atoms with Crippen LogP contribution in [0.5, 0.6) is 0 Å². The molecule has 2 aromatic rings. The molecule has 2 aromatic carbocycles. The number of aliphatic hydroxyl groups is 1. The van der Waals surface area contributed by atoms with Gasteiger partial charge >= 0.3 is 0 Å². The Morgan fingerprint density at radius 2 is 1.83 bits per heavy atom. The lowest BCUT2D eigenvalue weighted by Gasteiger charge is -2.29. The predicted molar refractivity (Wildman–Crippen MR) is 81.8 cm³/mol. The Balaban J connectivity index is 1.74. The van der Waals surface area contributed by atoms with Crippen LogP contribution >= 0.6 is 0 Å². The highest BCUT2D eigenvalue weighted by atomic mass is 19.2. The SMILES string of the molecule is O=C(NC[C@](O)(c1ccccc1)C1CC1)c1ccc(F)c(F)c1. The molecule has 3 nitrogen and oxygen atoms in total. The van der Waals surface area contributed by atoms with Gasteiger partial charge in [0.2, 0.25) is 0 Å². The van der Waals surface area contributed by atoms with Gasteiger partial charge in [0.05, 0.1) is 6.54 Å². The summed E-state index contributed by atoms with van der Waals surface area (Å²) >= 11 is 0. The molecule has 2 N–H and O–H groups in total. The Morgan fingerprint density at radius 1 is 1.13 bits per heavy atom. The summed E-state index contributed by atoms with van der Waals surface area (Å²) < 4.78 is 26.1. The monoisotopic (exact) mass is 317 g/mol. The number of carbonyl (C=O) groups is 1. The summed E-state index contributed by atoms with van der Waals surface area (Å²) in [6.45, 7) is 0.0273. The first kappa shape index (κ1) is 15.6. The second-order valence-electron chi connectivity index (χ2n) is 5.88. The normalized spacial score (nSPS) is 16.7. The first-order chi connectivity index (χ1) is 11.0. The highest BCUT2D eigenvalue weighted by Crippen LogP contribution is 2.45. The Labute approximate surface area is 133 Å². The summed E-state index contributed by atoms with van der Waals surface area (Å²) in [6.07, 6.45) is 1.79. The molecule has 1 amide bonds. The Bertz CT molecular complexity index is 716. The first-order valence-electron chi connectivity index (χ1n) is 7.52. The fourth-order valence-corrected chi connectivity index (χ4v) is 2.72. The van der Waals surface area contributed by atoms with E-state index in [9.17, 15) is 18.7 Å². The topological polar surface area (TPSA) is 49.3 Å². The Kier molecular flexibility index (Phi) is 4.13. The van der Waals surface area contributed by atoms with Gasteiger partial charge in [0.1, 0.15) is 5.60 Å². The van der Waals surface area contributed by atoms with Crippen molar-refractivity contribution < 1.29 is 18.7 Å². The van der Waals surface area contributed by atoms with Crippen molar-refractivity contribution in [2.24, 2.45) is 5.92 Å². The molecule has 0 heterocycles. The van der Waals surface area contributed by atoms with Crippen molar-refractivity contribution in [2.75, 3.05) is 6.54 Å². The predicted octanol–water partition coefficient (Wildman–Crippen LogP) is 2.99. The molecule has 0 saturated heterocycles. The van der Waals surface area contributed by atoms with Crippen LogP contribution in [0.3, 0.4) is 0 Å². The van der Waals surface area contributed by atoms with Gasteiger partial charge in [0, 0.05) is 5.56 Å². The molecule has 0 radical (unpaired) electrons. The molecule has 0 unspecified atom stereocenters. The minimum absolute atomic E-state index is 0.0232. The van der Waals surface area contributed by atoms with E-state index in [1.165, 1.54) is 6.07 Å². The zero-order valence-electron chi connectivity index (χ0n) is 12.4. The van der Waals surface area contributed by atoms with Crippen LogP contribution in [-0.4, -0.2) is 17.6 Å². The van der Waals surface area contributed by atoms with E-state index in [4.69, 9.17) is 0 Å². The molecule has 5 heteroatoms. The number of amides is 1. The highest BCUT2D eigenvalue weighted by Gasteiger charge is 2.45. The molecule has 0 aromatic heterocycles. The van der Waals surface area contributed by atoms with Crippen molar-refractivity contribution in [2.45, 2.75) is 18.4 Å². The lowest BCUT2D eigenvalue weighted by Crippen LogP contribution is -2.42. The van der Waals surface area contributed by atoms with E-state index in [0.29, 0.717) is 0 Å². The van der Waals surface area contributed by atoms with Crippen LogP contribution in [0.1, 0.15) is 28.8 Å². The van der Waals surface area contributed by atoms with Crippen LogP contribution in [0.2, 0.25) is 0 Å². The molecule has 1 aliphatic carbocycles. The Morgan fingerprint density at radius 3 is 2.43 bits per heavy atom. The van der Waals surface area contributed by atoms with Crippen LogP contribution in [0.25, 0.3) is 0 Å². The van der Waals surface area contributed by atoms with Gasteiger partial charge in [-0.1, -0.05) is 30.3 Å². The average Bonchev–Trinajstić information content (AvgIpc) is 3.41. The van der Waals surface area contributed by atoms with E-state index >= 15 is 0 Å². The second kappa shape index (κ2) is 6.08. The molecule has 0 bridgehead atoms. The zero-order valence-corrected chi connectivity index (χ0v) is 12.4. The van der Waals surface area contributed by atoms with Gasteiger partial charge in [-0.2, -0.15) is 0 Å². The van der Waals surface area contributed by atoms with Crippen molar-refractivity contribution in [3.63, 3.8) is 0 Å². The van der Waals surface area contributed by atoms with Crippen LogP contribution in [0, 0.1) is 17.6 Å². The number of hydrogen-bond acceptors (Lipinski definition) is 2. The standard InChI is InChI=1S/C18H17F2NO2/c19-15-9-6-12(10-16(15)20)17(22)21-11-18(23,14-7-8-14)13-4-2-1-3-5-13/h1-6,9-10,14,23H,7-8,11H2,(H,21,22)/t18-/m0/s1. The van der Waals surface area contributed by atoms with Crippen molar-refractivity contribution in [1.29, 1.82) is 0 Å². The molecule has 120 valence electrons. The summed E-state index contributed by atoms with van der Waals surface area (Å²) in [5, 5.41) is 13.6. The molecule has 23 heavy (non-hydrogen) atoms. The lowest BCUT2D eigenvalue weighted by atomic mass is 9.88. The molecule has 0 aliphatic heterocycles. The summed E-state index contributed by atoms with van der Waals surface area (Å²) in [5.41, 5.74) is -0.377. The molecule has 1 aliphatic rings. The van der Waals surface area contributed by atoms with Gasteiger partial charge in [-0.05, 0) is 42.5 Å². The number of hydrogen-bond donors (Lipinski definition) is 2. The fourth-order valence-electron chi connectivity index (χ4n) is 2.72. The number of carbonyl (C=O) groups excluding carboxylic acids is 1. The van der Waals surface area contributed by atoms with E-state index in [1.54, 1.807) is 0 Å². The maximum absolute atomic E-state index is 13.2. The van der Waals surface area contributed by atoms with E-state index < -0.39 is 23.1 Å². The maximum Gasteiger partial charge on any atom is 0.251 e. The summed E-state index contributed by atoms with van der Waals surface area (Å²) in [4.78, 5) is 12.1. The van der Waals surface area contributed by atoms with Crippen LogP contribution in [-0.2, 0) is 5.60 Å². The fraction of sp³-hybridized carbons (Fsp3) is 0.278. The number of benzene rings is 2. The highest BCUT2D eigenvalue weighted by molar-refractivity contribution is 5.94. The number of halogens is 2. The minimum Gasteiger partial charge on any atom is -0.383 e. The van der Waals surface area contributed by atoms with E-state index in [2.05, 4.69) is 5.32 Å². The molecular formula is C18H17F2NO2. The average molecular weight is 317 g/mol. The Hall–Kier alpha value is -2.27.